The number of hydrogen-bond acceptors (Lipinski definition) is 3. The van der Waals surface area contributed by atoms with Gasteiger partial charge in [0.05, 0.1) is 0 Å². The van der Waals surface area contributed by atoms with Crippen molar-refractivity contribution in [3.05, 3.63) is 70.8 Å². The van der Waals surface area contributed by atoms with Crippen LogP contribution in [0.2, 0.25) is 0 Å². The summed E-state index contributed by atoms with van der Waals surface area (Å²) in [7, 11) is 0.889. The van der Waals surface area contributed by atoms with Crippen molar-refractivity contribution >= 4 is 16.7 Å². The summed E-state index contributed by atoms with van der Waals surface area (Å²) >= 11 is 0. The molecule has 0 aliphatic heterocycles. The number of Topliss-reactive ketones (excluding diaryl/α,β-unsaturated/α-hetero) is 1. The first-order valence-corrected chi connectivity index (χ1v) is 7.08. The monoisotopic (exact) mass is 312 g/mol. The van der Waals surface area contributed by atoms with E-state index in [1.54, 1.807) is 0 Å². The van der Waals surface area contributed by atoms with Gasteiger partial charge in [-0.15, -0.1) is 0 Å². The lowest BCUT2D eigenvalue weighted by molar-refractivity contribution is -0.445. The van der Waals surface area contributed by atoms with E-state index in [0.717, 1.165) is 7.05 Å². The summed E-state index contributed by atoms with van der Waals surface area (Å²) in [4.78, 5) is 21.2. The van der Waals surface area contributed by atoms with Gasteiger partial charge < -0.3 is 9.78 Å². The van der Waals surface area contributed by atoms with Gasteiger partial charge in [-0.3, -0.25) is 10.1 Å². The predicted molar refractivity (Wildman–Crippen MR) is 93.0 cm³/mol. The third-order valence-corrected chi connectivity index (χ3v) is 2.61. The largest absolute Gasteiger partial charge is 0.355 e. The first-order valence-electron chi connectivity index (χ1n) is 7.08. The molecule has 5 nitrogen and oxygen atoms in total. The van der Waals surface area contributed by atoms with Crippen LogP contribution in [0.1, 0.15) is 13.8 Å². The van der Waals surface area contributed by atoms with Gasteiger partial charge in [0.25, 0.3) is 0 Å². The normalized spacial score (nSPS) is 9.17. The van der Waals surface area contributed by atoms with Crippen molar-refractivity contribution in [2.45, 2.75) is 13.8 Å². The van der Waals surface area contributed by atoms with Crippen LogP contribution in [0.4, 0.5) is 0 Å². The fourth-order valence-electron chi connectivity index (χ4n) is 1.85. The Morgan fingerprint density at radius 1 is 1.00 bits per heavy atom. The Morgan fingerprint density at radius 2 is 1.48 bits per heavy atom. The molecular weight excluding hydrogens is 292 g/mol. The quantitative estimate of drug-likeness (QED) is 0.537. The van der Waals surface area contributed by atoms with E-state index in [2.05, 4.69) is 53.5 Å². The molecule has 1 N–H and O–H groups in total. The molecule has 3 aromatic rings. The zero-order valence-electron chi connectivity index (χ0n) is 13.4. The Balaban J connectivity index is 0.000000281. The maximum atomic E-state index is 9.44. The van der Waals surface area contributed by atoms with Crippen LogP contribution in [0, 0.1) is 10.1 Å². The van der Waals surface area contributed by atoms with E-state index in [-0.39, 0.29) is 5.78 Å². The van der Waals surface area contributed by atoms with Crippen molar-refractivity contribution in [2.75, 3.05) is 7.05 Å². The van der Waals surface area contributed by atoms with E-state index in [9.17, 15) is 4.79 Å². The molecule has 0 unspecified atom stereocenters. The highest BCUT2D eigenvalue weighted by atomic mass is 16.6. The second kappa shape index (κ2) is 9.15. The number of nitrogens with zero attached hydrogens (tertiary/aromatic N) is 1. The number of benzene rings is 2. The zero-order valence-corrected chi connectivity index (χ0v) is 13.4. The van der Waals surface area contributed by atoms with E-state index in [1.807, 2.05) is 12.1 Å². The highest BCUT2D eigenvalue weighted by Crippen LogP contribution is 2.23. The molecule has 0 radical (unpaired) electrons. The predicted octanol–water partition coefficient (Wildman–Crippen LogP) is 4.32. The van der Waals surface area contributed by atoms with Crippen molar-refractivity contribution in [2.24, 2.45) is 0 Å². The number of aromatic nitrogens is 1. The van der Waals surface area contributed by atoms with Crippen LogP contribution in [0.25, 0.3) is 22.2 Å². The van der Waals surface area contributed by atoms with E-state index >= 15 is 0 Å². The molecule has 0 saturated heterocycles. The molecule has 0 aliphatic rings. The van der Waals surface area contributed by atoms with E-state index in [4.69, 9.17) is 10.1 Å². The molecule has 2 aromatic carbocycles. The summed E-state index contributed by atoms with van der Waals surface area (Å²) in [5.41, 5.74) is 3.60. The van der Waals surface area contributed by atoms with Gasteiger partial charge >= 0.3 is 0 Å². The average molecular weight is 312 g/mol. The molecule has 0 saturated carbocycles. The Kier molecular flexibility index (Phi) is 7.20. The molecular formula is C18H20N2O3. The minimum absolute atomic E-state index is 0.167. The van der Waals surface area contributed by atoms with E-state index < -0.39 is 4.92 Å². The molecule has 0 bridgehead atoms. The highest BCUT2D eigenvalue weighted by Gasteiger charge is 2.00. The number of nitro groups is 1. The van der Waals surface area contributed by atoms with Crippen molar-refractivity contribution in [1.82, 2.24) is 4.98 Å². The smallest absolute Gasteiger partial charge is 0.194 e. The van der Waals surface area contributed by atoms with Crippen LogP contribution < -0.4 is 0 Å². The Morgan fingerprint density at radius 3 is 2.00 bits per heavy atom. The molecule has 0 aliphatic carbocycles. The van der Waals surface area contributed by atoms with E-state index in [1.165, 1.54) is 36.0 Å². The number of nitrogens with one attached hydrogen (secondary N) is 1. The Bertz CT molecular complexity index is 711. The van der Waals surface area contributed by atoms with Gasteiger partial charge in [-0.25, -0.2) is 0 Å². The fourth-order valence-corrected chi connectivity index (χ4v) is 1.85. The standard InChI is InChI=1S/C14H11N.C3H6O.CH3NO2/c1-2-6-11(7-3-1)14-10-12-8-4-5-9-13(12)15-14;1-3(2)4;1-2(3)4/h1-10,15H;1-2H3;1H3. The maximum absolute atomic E-state index is 9.44. The van der Waals surface area contributed by atoms with Gasteiger partial charge in [-0.1, -0.05) is 48.5 Å². The lowest BCUT2D eigenvalue weighted by Gasteiger charge is -1.94. The van der Waals surface area contributed by atoms with Crippen molar-refractivity contribution in [3.63, 3.8) is 0 Å². The lowest BCUT2D eigenvalue weighted by atomic mass is 10.1. The topological polar surface area (TPSA) is 76.0 Å². The molecule has 0 fully saturated rings. The number of carbonyl (C=O) groups excluding carboxylic acids is 1. The molecule has 23 heavy (non-hydrogen) atoms. The lowest BCUT2D eigenvalue weighted by Crippen LogP contribution is -1.79. The number of para-hydroxylation sites is 1. The Hall–Kier alpha value is -2.95. The summed E-state index contributed by atoms with van der Waals surface area (Å²) in [5.74, 6) is 0.167. The summed E-state index contributed by atoms with van der Waals surface area (Å²) in [5, 5.41) is 10.1. The number of carbonyl (C=O) groups is 1. The van der Waals surface area contributed by atoms with Crippen molar-refractivity contribution in [3.8, 4) is 11.3 Å². The fraction of sp³-hybridized carbons (Fsp3) is 0.167. The van der Waals surface area contributed by atoms with E-state index in [0.29, 0.717) is 0 Å². The number of hydrogen-bond donors (Lipinski definition) is 1. The molecule has 0 spiro atoms. The summed E-state index contributed by atoms with van der Waals surface area (Å²) in [6.45, 7) is 3.06. The van der Waals surface area contributed by atoms with Gasteiger partial charge in [-0.2, -0.15) is 0 Å². The van der Waals surface area contributed by atoms with Crippen LogP contribution in [0.5, 0.6) is 0 Å². The van der Waals surface area contributed by atoms with Crippen LogP contribution in [0.3, 0.4) is 0 Å². The minimum atomic E-state index is -0.500. The number of aromatic amines is 1. The van der Waals surface area contributed by atoms with Crippen LogP contribution in [0.15, 0.2) is 60.7 Å². The summed E-state index contributed by atoms with van der Waals surface area (Å²) < 4.78 is 0. The van der Waals surface area contributed by atoms with Crippen molar-refractivity contribution < 1.29 is 9.72 Å². The number of H-pyrrole nitrogens is 1. The van der Waals surface area contributed by atoms with Gasteiger partial charge in [0.15, 0.2) is 7.05 Å². The van der Waals surface area contributed by atoms with Crippen LogP contribution in [-0.4, -0.2) is 22.7 Å². The minimum Gasteiger partial charge on any atom is -0.355 e. The van der Waals surface area contributed by atoms with Crippen molar-refractivity contribution in [1.29, 1.82) is 0 Å². The number of fused-ring (bicyclic) bond motifs is 1. The SMILES string of the molecule is CC(C)=O.C[N+](=O)[O-].c1ccc(-c2cc3ccccc3[nH]2)cc1. The molecule has 1 heterocycles. The van der Waals surface area contributed by atoms with Gasteiger partial charge in [0, 0.05) is 21.5 Å². The molecule has 0 amide bonds. The van der Waals surface area contributed by atoms with Gasteiger partial charge in [0.2, 0.25) is 0 Å². The molecule has 3 rings (SSSR count). The van der Waals surface area contributed by atoms with Gasteiger partial charge in [-0.05, 0) is 31.5 Å². The Labute approximate surface area is 135 Å². The zero-order chi connectivity index (χ0) is 17.2. The molecule has 1 aromatic heterocycles. The second-order valence-electron chi connectivity index (χ2n) is 4.98. The molecule has 120 valence electrons. The third-order valence-electron chi connectivity index (χ3n) is 2.61. The highest BCUT2D eigenvalue weighted by molar-refractivity contribution is 5.85. The first-order chi connectivity index (χ1) is 10.9. The number of ketones is 1. The summed E-state index contributed by atoms with van der Waals surface area (Å²) in [6, 6.07) is 20.9. The third kappa shape index (κ3) is 7.04. The molecule has 5 heteroatoms. The van der Waals surface area contributed by atoms with Crippen LogP contribution in [-0.2, 0) is 4.79 Å². The molecule has 0 atom stereocenters. The maximum Gasteiger partial charge on any atom is 0.194 e. The number of rotatable bonds is 1. The second-order valence-corrected chi connectivity index (χ2v) is 4.98. The van der Waals surface area contributed by atoms with Crippen LogP contribution >= 0.6 is 0 Å². The average Bonchev–Trinajstić information content (AvgIpc) is 2.91. The summed E-state index contributed by atoms with van der Waals surface area (Å²) in [6.07, 6.45) is 0. The van der Waals surface area contributed by atoms with Gasteiger partial charge in [0.1, 0.15) is 5.78 Å². The first kappa shape index (κ1) is 18.1.